The molecule has 0 aromatic heterocycles. The maximum absolute atomic E-state index is 11.6. The molecular weight excluding hydrogens is 218 g/mol. The predicted molar refractivity (Wildman–Crippen MR) is 63.9 cm³/mol. The molecule has 0 amide bonds. The third-order valence-corrected chi connectivity index (χ3v) is 2.93. The van der Waals surface area contributed by atoms with Crippen molar-refractivity contribution >= 4 is 11.7 Å². The van der Waals surface area contributed by atoms with E-state index in [1.54, 1.807) is 0 Å². The van der Waals surface area contributed by atoms with Crippen LogP contribution in [0.4, 0.5) is 0 Å². The number of nitrogens with zero attached hydrogens (tertiary/aromatic N) is 1. The predicted octanol–water partition coefficient (Wildman–Crippen LogP) is 2.03. The van der Waals surface area contributed by atoms with Gasteiger partial charge in [0, 0.05) is 0 Å². The van der Waals surface area contributed by atoms with Crippen LogP contribution in [-0.2, 0) is 14.4 Å². The monoisotopic (exact) mass is 233 g/mol. The molecule has 1 heterocycles. The molecule has 1 aromatic rings. The summed E-state index contributed by atoms with van der Waals surface area (Å²) in [6.07, 6.45) is -0.664. The molecule has 2 rings (SSSR count). The Hall–Kier alpha value is -1.84. The number of rotatable bonds is 2. The average Bonchev–Trinajstić information content (AvgIpc) is 2.71. The highest BCUT2D eigenvalue weighted by molar-refractivity contribution is 5.95. The van der Waals surface area contributed by atoms with E-state index >= 15 is 0 Å². The fraction of sp³-hybridized carbons (Fsp3) is 0.385. The summed E-state index contributed by atoms with van der Waals surface area (Å²) in [7, 11) is 1.35. The van der Waals surface area contributed by atoms with Gasteiger partial charge in [-0.25, -0.2) is 4.79 Å². The van der Waals surface area contributed by atoms with Crippen molar-refractivity contribution in [2.24, 2.45) is 5.16 Å². The Labute approximate surface area is 100 Å². The number of carbonyl (C=O) groups excluding carboxylic acids is 1. The van der Waals surface area contributed by atoms with Gasteiger partial charge < -0.3 is 9.57 Å². The largest absolute Gasteiger partial charge is 0.466 e. The van der Waals surface area contributed by atoms with Gasteiger partial charge in [0.2, 0.25) is 6.10 Å². The first-order chi connectivity index (χ1) is 8.13. The van der Waals surface area contributed by atoms with Gasteiger partial charge in [0.15, 0.2) is 0 Å². The number of hydrogen-bond donors (Lipinski definition) is 0. The lowest BCUT2D eigenvalue weighted by Gasteiger charge is -2.16. The van der Waals surface area contributed by atoms with Crippen LogP contribution < -0.4 is 0 Å². The summed E-state index contributed by atoms with van der Waals surface area (Å²) in [4.78, 5) is 16.7. The summed E-state index contributed by atoms with van der Waals surface area (Å²) in [5.41, 5.74) is 2.99. The maximum atomic E-state index is 11.6. The number of ether oxygens (including phenoxy) is 1. The molecule has 1 aliphatic heterocycles. The molecule has 0 bridgehead atoms. The number of hydrogen-bond acceptors (Lipinski definition) is 4. The van der Waals surface area contributed by atoms with E-state index in [4.69, 9.17) is 9.57 Å². The molecule has 0 saturated carbocycles. The van der Waals surface area contributed by atoms with E-state index in [9.17, 15) is 4.79 Å². The van der Waals surface area contributed by atoms with Crippen molar-refractivity contribution < 1.29 is 14.4 Å². The van der Waals surface area contributed by atoms with Crippen molar-refractivity contribution in [3.8, 4) is 0 Å². The molecule has 90 valence electrons. The third kappa shape index (κ3) is 2.16. The smallest absolute Gasteiger partial charge is 0.351 e. The van der Waals surface area contributed by atoms with Crippen LogP contribution in [0.2, 0.25) is 0 Å². The number of esters is 1. The van der Waals surface area contributed by atoms with Crippen molar-refractivity contribution in [1.82, 2.24) is 0 Å². The molecule has 4 heteroatoms. The third-order valence-electron chi connectivity index (χ3n) is 2.93. The second-order valence-corrected chi connectivity index (χ2v) is 4.17. The molecule has 0 aliphatic carbocycles. The minimum absolute atomic E-state index is 0.150. The molecule has 0 radical (unpaired) electrons. The van der Waals surface area contributed by atoms with Crippen molar-refractivity contribution in [1.29, 1.82) is 0 Å². The Morgan fingerprint density at radius 3 is 2.53 bits per heavy atom. The highest BCUT2D eigenvalue weighted by Crippen LogP contribution is 2.30. The van der Waals surface area contributed by atoms with Gasteiger partial charge in [-0.1, -0.05) is 35.0 Å². The number of carbonyl (C=O) groups is 1. The molecule has 2 unspecified atom stereocenters. The quantitative estimate of drug-likeness (QED) is 0.734. The van der Waals surface area contributed by atoms with E-state index in [1.165, 1.54) is 12.7 Å². The van der Waals surface area contributed by atoms with Gasteiger partial charge >= 0.3 is 5.97 Å². The highest BCUT2D eigenvalue weighted by Gasteiger charge is 2.39. The van der Waals surface area contributed by atoms with E-state index in [0.717, 1.165) is 11.3 Å². The van der Waals surface area contributed by atoms with Crippen molar-refractivity contribution in [2.45, 2.75) is 25.9 Å². The normalized spacial score (nSPS) is 22.9. The molecule has 0 spiro atoms. The summed E-state index contributed by atoms with van der Waals surface area (Å²) >= 11 is 0. The Bertz CT molecular complexity index is 450. The lowest BCUT2D eigenvalue weighted by Crippen LogP contribution is -2.29. The lowest BCUT2D eigenvalue weighted by molar-refractivity contribution is -0.153. The van der Waals surface area contributed by atoms with Crippen molar-refractivity contribution in [3.63, 3.8) is 0 Å². The second-order valence-electron chi connectivity index (χ2n) is 4.17. The van der Waals surface area contributed by atoms with Crippen LogP contribution in [0.3, 0.4) is 0 Å². The summed E-state index contributed by atoms with van der Waals surface area (Å²) in [6, 6.07) is 8.00. The topological polar surface area (TPSA) is 47.9 Å². The van der Waals surface area contributed by atoms with Gasteiger partial charge in [-0.3, -0.25) is 0 Å². The molecule has 17 heavy (non-hydrogen) atoms. The molecule has 4 nitrogen and oxygen atoms in total. The van der Waals surface area contributed by atoms with Gasteiger partial charge in [-0.15, -0.1) is 0 Å². The summed E-state index contributed by atoms with van der Waals surface area (Å²) in [5, 5.41) is 3.88. The zero-order chi connectivity index (χ0) is 12.4. The number of oxime groups is 1. The first-order valence-electron chi connectivity index (χ1n) is 5.48. The number of aryl methyl sites for hydroxylation is 1. The Morgan fingerprint density at radius 1 is 1.29 bits per heavy atom. The SMILES string of the molecule is COC(=O)C1ON=C(C)C1c1ccc(C)cc1. The molecular formula is C13H15NO3. The first-order valence-corrected chi connectivity index (χ1v) is 5.48. The van der Waals surface area contributed by atoms with Gasteiger partial charge in [-0.2, -0.15) is 0 Å². The van der Waals surface area contributed by atoms with Crippen LogP contribution >= 0.6 is 0 Å². The van der Waals surface area contributed by atoms with Gasteiger partial charge in [0.25, 0.3) is 0 Å². The fourth-order valence-corrected chi connectivity index (χ4v) is 1.96. The summed E-state index contributed by atoms with van der Waals surface area (Å²) in [6.45, 7) is 3.88. The Morgan fingerprint density at radius 2 is 1.94 bits per heavy atom. The zero-order valence-corrected chi connectivity index (χ0v) is 10.1. The van der Waals surface area contributed by atoms with Crippen molar-refractivity contribution in [3.05, 3.63) is 35.4 Å². The minimum atomic E-state index is -0.664. The number of benzene rings is 1. The second kappa shape index (κ2) is 4.57. The van der Waals surface area contributed by atoms with E-state index in [0.29, 0.717) is 0 Å². The van der Waals surface area contributed by atoms with Gasteiger partial charge in [-0.05, 0) is 19.4 Å². The van der Waals surface area contributed by atoms with Crippen LogP contribution in [0, 0.1) is 6.92 Å². The van der Waals surface area contributed by atoms with E-state index in [-0.39, 0.29) is 5.92 Å². The van der Waals surface area contributed by atoms with Crippen LogP contribution in [-0.4, -0.2) is 24.9 Å². The van der Waals surface area contributed by atoms with Crippen LogP contribution in [0.5, 0.6) is 0 Å². The van der Waals surface area contributed by atoms with Crippen LogP contribution in [0.1, 0.15) is 24.0 Å². The fourth-order valence-electron chi connectivity index (χ4n) is 1.96. The lowest BCUT2D eigenvalue weighted by atomic mass is 9.89. The first kappa shape index (κ1) is 11.6. The molecule has 1 aliphatic rings. The summed E-state index contributed by atoms with van der Waals surface area (Å²) < 4.78 is 4.72. The highest BCUT2D eigenvalue weighted by atomic mass is 16.7. The van der Waals surface area contributed by atoms with E-state index < -0.39 is 12.1 Å². The summed E-state index contributed by atoms with van der Waals surface area (Å²) in [5.74, 6) is -0.542. The Kier molecular flexibility index (Phi) is 3.13. The molecule has 0 saturated heterocycles. The van der Waals surface area contributed by atoms with E-state index in [1.807, 2.05) is 38.1 Å². The maximum Gasteiger partial charge on any atom is 0.351 e. The van der Waals surface area contributed by atoms with Crippen LogP contribution in [0.25, 0.3) is 0 Å². The van der Waals surface area contributed by atoms with Gasteiger partial charge in [0.05, 0.1) is 18.7 Å². The van der Waals surface area contributed by atoms with Crippen molar-refractivity contribution in [2.75, 3.05) is 7.11 Å². The molecule has 1 aromatic carbocycles. The zero-order valence-electron chi connectivity index (χ0n) is 10.1. The Balaban J connectivity index is 2.30. The molecule has 0 N–H and O–H groups in total. The van der Waals surface area contributed by atoms with Crippen LogP contribution in [0.15, 0.2) is 29.4 Å². The van der Waals surface area contributed by atoms with Gasteiger partial charge in [0.1, 0.15) is 0 Å². The molecule has 2 atom stereocenters. The average molecular weight is 233 g/mol. The van der Waals surface area contributed by atoms with E-state index in [2.05, 4.69) is 5.16 Å². The number of methoxy groups -OCH3 is 1. The standard InChI is InChI=1S/C13H15NO3/c1-8-4-6-10(7-5-8)11-9(2)14-17-12(11)13(15)16-3/h4-7,11-12H,1-3H3. The molecule has 0 fully saturated rings. The minimum Gasteiger partial charge on any atom is -0.466 e.